The van der Waals surface area contributed by atoms with E-state index in [1.165, 1.54) is 0 Å². The quantitative estimate of drug-likeness (QED) is 0.835. The molecule has 3 atom stereocenters. The molecule has 2 aromatic rings. The first-order valence-corrected chi connectivity index (χ1v) is 7.63. The molecule has 0 unspecified atom stereocenters. The zero-order valence-electron chi connectivity index (χ0n) is 12.4. The Balaban J connectivity index is 1.86. The van der Waals surface area contributed by atoms with E-state index in [1.54, 1.807) is 6.26 Å². The fourth-order valence-corrected chi connectivity index (χ4v) is 3.40. The lowest BCUT2D eigenvalue weighted by atomic mass is 9.80. The molecule has 4 nitrogen and oxygen atoms in total. The van der Waals surface area contributed by atoms with Crippen LogP contribution in [0.4, 0.5) is 11.4 Å². The number of rotatable bonds is 1. The normalized spacial score (nSPS) is 26.9. The molecule has 112 valence electrons. The van der Waals surface area contributed by atoms with Gasteiger partial charge >= 0.3 is 0 Å². The molecule has 2 aliphatic rings. The number of furan rings is 1. The lowest BCUT2D eigenvalue weighted by Gasteiger charge is -2.30. The second kappa shape index (κ2) is 5.05. The van der Waals surface area contributed by atoms with Gasteiger partial charge in [-0.3, -0.25) is 4.79 Å². The van der Waals surface area contributed by atoms with Crippen molar-refractivity contribution in [2.75, 3.05) is 10.6 Å². The van der Waals surface area contributed by atoms with Gasteiger partial charge < -0.3 is 15.1 Å². The zero-order valence-corrected chi connectivity index (χ0v) is 12.4. The minimum atomic E-state index is -0.241. The number of carbonyl (C=O) groups excluding carboxylic acids is 1. The first kappa shape index (κ1) is 13.2. The molecule has 4 rings (SSSR count). The third-order valence-electron chi connectivity index (χ3n) is 4.37. The summed E-state index contributed by atoms with van der Waals surface area (Å²) in [6.45, 7) is 2.08. The SMILES string of the molecule is C[C@H]1C=C2Nc3ccccc3N[C@@H](c3ccco3)[C@@H]2C(=O)C1. The largest absolute Gasteiger partial charge is 0.467 e. The van der Waals surface area contributed by atoms with E-state index in [0.717, 1.165) is 22.8 Å². The van der Waals surface area contributed by atoms with E-state index in [9.17, 15) is 4.79 Å². The maximum absolute atomic E-state index is 12.7. The number of anilines is 2. The molecule has 0 amide bonds. The lowest BCUT2D eigenvalue weighted by molar-refractivity contribution is -0.123. The van der Waals surface area contributed by atoms with Gasteiger partial charge in [-0.1, -0.05) is 25.1 Å². The van der Waals surface area contributed by atoms with Crippen molar-refractivity contribution < 1.29 is 9.21 Å². The van der Waals surface area contributed by atoms with Crippen LogP contribution in [0.15, 0.2) is 58.9 Å². The Morgan fingerprint density at radius 1 is 1.14 bits per heavy atom. The van der Waals surface area contributed by atoms with Crippen molar-refractivity contribution in [2.45, 2.75) is 19.4 Å². The molecule has 2 heterocycles. The highest BCUT2D eigenvalue weighted by molar-refractivity contribution is 5.89. The highest BCUT2D eigenvalue weighted by Gasteiger charge is 2.39. The van der Waals surface area contributed by atoms with E-state index in [1.807, 2.05) is 36.4 Å². The topological polar surface area (TPSA) is 54.3 Å². The number of nitrogens with one attached hydrogen (secondary N) is 2. The maximum atomic E-state index is 12.7. The van der Waals surface area contributed by atoms with Gasteiger partial charge in [0.15, 0.2) is 0 Å². The van der Waals surface area contributed by atoms with Crippen molar-refractivity contribution in [1.82, 2.24) is 0 Å². The smallest absolute Gasteiger partial charge is 0.144 e. The molecule has 1 aromatic carbocycles. The number of fused-ring (bicyclic) bond motifs is 2. The first-order valence-electron chi connectivity index (χ1n) is 7.63. The maximum Gasteiger partial charge on any atom is 0.144 e. The van der Waals surface area contributed by atoms with Crippen molar-refractivity contribution in [3.63, 3.8) is 0 Å². The molecular formula is C18H18N2O2. The van der Waals surface area contributed by atoms with Crippen molar-refractivity contribution in [1.29, 1.82) is 0 Å². The monoisotopic (exact) mass is 294 g/mol. The number of allylic oxidation sites excluding steroid dienone is 1. The van der Waals surface area contributed by atoms with Gasteiger partial charge in [-0.05, 0) is 30.2 Å². The van der Waals surface area contributed by atoms with Crippen molar-refractivity contribution in [2.24, 2.45) is 11.8 Å². The van der Waals surface area contributed by atoms with Crippen molar-refractivity contribution in [3.05, 3.63) is 60.2 Å². The Labute approximate surface area is 129 Å². The molecule has 1 aliphatic heterocycles. The number of para-hydroxylation sites is 2. The van der Waals surface area contributed by atoms with Gasteiger partial charge in [0.25, 0.3) is 0 Å². The highest BCUT2D eigenvalue weighted by atomic mass is 16.3. The molecule has 0 radical (unpaired) electrons. The second-order valence-electron chi connectivity index (χ2n) is 6.06. The van der Waals surface area contributed by atoms with Gasteiger partial charge in [-0.25, -0.2) is 0 Å². The number of Topliss-reactive ketones (excluding diaryl/α,β-unsaturated/α-hetero) is 1. The number of benzene rings is 1. The minimum Gasteiger partial charge on any atom is -0.467 e. The molecule has 1 aromatic heterocycles. The summed E-state index contributed by atoms with van der Waals surface area (Å²) in [6.07, 6.45) is 4.40. The zero-order chi connectivity index (χ0) is 15.1. The fraction of sp³-hybridized carbons (Fsp3) is 0.278. The fourth-order valence-electron chi connectivity index (χ4n) is 3.40. The summed E-state index contributed by atoms with van der Waals surface area (Å²) in [5, 5.41) is 6.94. The summed E-state index contributed by atoms with van der Waals surface area (Å²) in [6, 6.07) is 11.6. The standard InChI is InChI=1S/C18H18N2O2/c1-11-9-14-17(15(21)10-11)18(16-7-4-8-22-16)20-13-6-3-2-5-12(13)19-14/h2-9,11,17-20H,10H2,1H3/t11-,17-,18-/m0/s1. The van der Waals surface area contributed by atoms with E-state index in [4.69, 9.17) is 4.42 Å². The van der Waals surface area contributed by atoms with Crippen LogP contribution in [-0.2, 0) is 4.79 Å². The predicted octanol–water partition coefficient (Wildman–Crippen LogP) is 3.97. The number of hydrogen-bond acceptors (Lipinski definition) is 4. The Morgan fingerprint density at radius 2 is 1.95 bits per heavy atom. The van der Waals surface area contributed by atoms with Crippen LogP contribution in [0.5, 0.6) is 0 Å². The molecule has 0 fully saturated rings. The Kier molecular flexibility index (Phi) is 3.03. The average molecular weight is 294 g/mol. The van der Waals surface area contributed by atoms with Crippen LogP contribution < -0.4 is 10.6 Å². The summed E-state index contributed by atoms with van der Waals surface area (Å²) >= 11 is 0. The molecule has 2 N–H and O–H groups in total. The Morgan fingerprint density at radius 3 is 2.73 bits per heavy atom. The molecule has 0 spiro atoms. The van der Waals surface area contributed by atoms with E-state index in [2.05, 4.69) is 23.6 Å². The van der Waals surface area contributed by atoms with Crippen LogP contribution in [0.2, 0.25) is 0 Å². The number of ketones is 1. The minimum absolute atomic E-state index is 0.183. The average Bonchev–Trinajstić information content (AvgIpc) is 2.95. The summed E-state index contributed by atoms with van der Waals surface area (Å²) in [4.78, 5) is 12.7. The van der Waals surface area contributed by atoms with Crippen LogP contribution in [0.1, 0.15) is 25.1 Å². The van der Waals surface area contributed by atoms with Crippen LogP contribution in [-0.4, -0.2) is 5.78 Å². The third-order valence-corrected chi connectivity index (χ3v) is 4.37. The number of hydrogen-bond donors (Lipinski definition) is 2. The summed E-state index contributed by atoms with van der Waals surface area (Å²) in [7, 11) is 0. The first-order chi connectivity index (χ1) is 10.7. The molecule has 22 heavy (non-hydrogen) atoms. The third kappa shape index (κ3) is 2.11. The lowest BCUT2D eigenvalue weighted by Crippen LogP contribution is -2.33. The van der Waals surface area contributed by atoms with Gasteiger partial charge in [0.2, 0.25) is 0 Å². The molecule has 0 bridgehead atoms. The highest BCUT2D eigenvalue weighted by Crippen LogP contribution is 2.42. The molecule has 4 heteroatoms. The molecular weight excluding hydrogens is 276 g/mol. The van der Waals surface area contributed by atoms with Crippen molar-refractivity contribution in [3.8, 4) is 0 Å². The van der Waals surface area contributed by atoms with E-state index < -0.39 is 0 Å². The second-order valence-corrected chi connectivity index (χ2v) is 6.06. The Hall–Kier alpha value is -2.49. The molecule has 1 aliphatic carbocycles. The van der Waals surface area contributed by atoms with E-state index in [0.29, 0.717) is 6.42 Å². The molecule has 0 saturated heterocycles. The van der Waals surface area contributed by atoms with Gasteiger partial charge in [-0.15, -0.1) is 0 Å². The summed E-state index contributed by atoms with van der Waals surface area (Å²) in [5.74, 6) is 1.06. The van der Waals surface area contributed by atoms with Crippen LogP contribution in [0.3, 0.4) is 0 Å². The van der Waals surface area contributed by atoms with Gasteiger partial charge in [0.05, 0.1) is 29.6 Å². The molecule has 0 saturated carbocycles. The van der Waals surface area contributed by atoms with Crippen LogP contribution in [0, 0.1) is 11.8 Å². The van der Waals surface area contributed by atoms with Crippen LogP contribution in [0.25, 0.3) is 0 Å². The van der Waals surface area contributed by atoms with Gasteiger partial charge in [-0.2, -0.15) is 0 Å². The number of carbonyl (C=O) groups is 1. The van der Waals surface area contributed by atoms with E-state index >= 15 is 0 Å². The van der Waals surface area contributed by atoms with E-state index in [-0.39, 0.29) is 23.7 Å². The van der Waals surface area contributed by atoms with Crippen molar-refractivity contribution >= 4 is 17.2 Å². The summed E-state index contributed by atoms with van der Waals surface area (Å²) in [5.41, 5.74) is 2.96. The van der Waals surface area contributed by atoms with Gasteiger partial charge in [0, 0.05) is 12.1 Å². The van der Waals surface area contributed by atoms with Crippen LogP contribution >= 0.6 is 0 Å². The predicted molar refractivity (Wildman–Crippen MR) is 85.5 cm³/mol. The summed E-state index contributed by atoms with van der Waals surface area (Å²) < 4.78 is 5.60. The Bertz CT molecular complexity index is 733. The van der Waals surface area contributed by atoms with Gasteiger partial charge in [0.1, 0.15) is 11.5 Å².